The Hall–Kier alpha value is -0.0934. The number of nitrogens with one attached hydrogen (secondary N) is 2. The van der Waals surface area contributed by atoms with Crippen molar-refractivity contribution in [3.63, 3.8) is 0 Å². The zero-order chi connectivity index (χ0) is 15.2. The predicted octanol–water partition coefficient (Wildman–Crippen LogP) is 3.01. The Morgan fingerprint density at radius 1 is 0.714 bits per heavy atom. The quantitative estimate of drug-likeness (QED) is 0.478. The fourth-order valence-electron chi connectivity index (χ4n) is 1.67. The molecule has 0 aliphatic carbocycles. The van der Waals surface area contributed by atoms with Crippen molar-refractivity contribution in [1.29, 1.82) is 0 Å². The van der Waals surface area contributed by atoms with E-state index in [9.17, 15) is 0 Å². The van der Waals surface area contributed by atoms with Gasteiger partial charge in [0.15, 0.2) is 0 Å². The van der Waals surface area contributed by atoms with Crippen LogP contribution in [0.25, 0.3) is 0 Å². The molecule has 0 bridgehead atoms. The zero-order valence-electron chi connectivity index (χ0n) is 11.9. The molecule has 0 unspecified atom stereocenters. The second-order valence-corrected chi connectivity index (χ2v) is 8.33. The Kier molecular flexibility index (Phi) is 7.00. The molecule has 5 heteroatoms. The summed E-state index contributed by atoms with van der Waals surface area (Å²) < 4.78 is 2.52. The van der Waals surface area contributed by atoms with Crippen molar-refractivity contribution >= 4 is 16.9 Å². The summed E-state index contributed by atoms with van der Waals surface area (Å²) in [5.74, 6) is 0. The van der Waals surface area contributed by atoms with E-state index in [4.69, 9.17) is 0 Å². The summed E-state index contributed by atoms with van der Waals surface area (Å²) in [6, 6.07) is 17.3. The molecule has 2 nitrogen and oxygen atoms in total. The van der Waals surface area contributed by atoms with Gasteiger partial charge in [0, 0.05) is 0 Å². The number of hydrogen-bond donors (Lipinski definition) is 2. The van der Waals surface area contributed by atoms with Gasteiger partial charge in [-0.3, -0.25) is 0 Å². The van der Waals surface area contributed by atoms with Crippen LogP contribution in [0.15, 0.2) is 48.5 Å². The molecule has 1 radical (unpaired) electrons. The average molecular weight is 635 g/mol. The fourth-order valence-corrected chi connectivity index (χ4v) is 4.15. The first-order valence-electron chi connectivity index (χ1n) is 6.50. The van der Waals surface area contributed by atoms with Crippen molar-refractivity contribution in [2.24, 2.45) is 0 Å². The molecule has 21 heavy (non-hydrogen) atoms. The summed E-state index contributed by atoms with van der Waals surface area (Å²) in [4.78, 5) is 0. The van der Waals surface area contributed by atoms with Crippen LogP contribution in [0.3, 0.4) is 0 Å². The van der Waals surface area contributed by atoms with E-state index in [1.807, 2.05) is 0 Å². The summed E-state index contributed by atoms with van der Waals surface area (Å²) in [6.07, 6.45) is 0. The van der Waals surface area contributed by atoms with Crippen LogP contribution >= 0.6 is 8.88 Å². The number of hydrogen-bond acceptors (Lipinski definition) is 2. The van der Waals surface area contributed by atoms with Gasteiger partial charge < -0.3 is 0 Å². The molecule has 0 spiro atoms. The second-order valence-electron chi connectivity index (χ2n) is 4.73. The van der Waals surface area contributed by atoms with Crippen molar-refractivity contribution in [3.05, 3.63) is 70.8 Å². The molecule has 2 rings (SSSR count). The molecule has 2 N–H and O–H groups in total. The first-order chi connectivity index (χ1) is 10.1. The summed E-state index contributed by atoms with van der Waals surface area (Å²) in [7, 11) is 1.02. The molecular formula is C16H16N2PW2. The van der Waals surface area contributed by atoms with Crippen LogP contribution in [0, 0.1) is 13.8 Å². The van der Waals surface area contributed by atoms with Gasteiger partial charge in [-0.1, -0.05) is 0 Å². The monoisotopic (exact) mass is 635 g/mol. The van der Waals surface area contributed by atoms with Gasteiger partial charge in [-0.05, 0) is 0 Å². The number of benzene rings is 2. The van der Waals surface area contributed by atoms with Gasteiger partial charge in [0.2, 0.25) is 0 Å². The molecular weight excluding hydrogens is 619 g/mol. The van der Waals surface area contributed by atoms with Crippen LogP contribution in [-0.4, -0.2) is 8.04 Å². The Bertz CT molecular complexity index is 579. The van der Waals surface area contributed by atoms with Crippen LogP contribution in [0.4, 0.5) is 0 Å². The van der Waals surface area contributed by atoms with Gasteiger partial charge >= 0.3 is 150 Å². The van der Waals surface area contributed by atoms with E-state index in [1.165, 1.54) is 69.0 Å². The summed E-state index contributed by atoms with van der Waals surface area (Å²) in [5, 5.41) is 6.88. The standard InChI is InChI=1S/C16H16N2P.2W/c1-13-3-7-15(8-4-13)11-17-19-18-12-16-9-5-14(2)6-10-16;;/h3-10,17-18H,1-2H3;;. The first-order valence-corrected chi connectivity index (χ1v) is 10.3. The van der Waals surface area contributed by atoms with Crippen LogP contribution in [-0.2, 0) is 38.7 Å². The molecule has 2 aromatic carbocycles. The van der Waals surface area contributed by atoms with Gasteiger partial charge in [-0.15, -0.1) is 0 Å². The average Bonchev–Trinajstić information content (AvgIpc) is 2.48. The molecule has 0 fully saturated rings. The SMILES string of the molecule is Cc1ccc([C](=[W])N[P]N[C](=[W])c2ccc(C)cc2)cc1. The van der Waals surface area contributed by atoms with E-state index < -0.39 is 0 Å². The third-order valence-corrected chi connectivity index (χ3v) is 7.23. The molecule has 0 aliphatic rings. The van der Waals surface area contributed by atoms with Gasteiger partial charge in [0.25, 0.3) is 0 Å². The van der Waals surface area contributed by atoms with Gasteiger partial charge in [0.1, 0.15) is 0 Å². The third kappa shape index (κ3) is 5.55. The fraction of sp³-hybridized carbons (Fsp3) is 0.125. The Labute approximate surface area is 149 Å². The normalized spacial score (nSPS) is 10.4. The van der Waals surface area contributed by atoms with Crippen molar-refractivity contribution in [3.8, 4) is 0 Å². The van der Waals surface area contributed by atoms with Crippen molar-refractivity contribution in [2.45, 2.75) is 13.8 Å². The molecule has 0 aromatic heterocycles. The third-order valence-electron chi connectivity index (χ3n) is 2.94. The molecule has 0 amide bonds. The maximum atomic E-state index is 3.44. The van der Waals surface area contributed by atoms with Crippen LogP contribution in [0.5, 0.6) is 0 Å². The number of aryl methyl sites for hydroxylation is 2. The van der Waals surface area contributed by atoms with E-state index in [0.29, 0.717) is 0 Å². The molecule has 2 aromatic rings. The van der Waals surface area contributed by atoms with Crippen molar-refractivity contribution in [2.75, 3.05) is 0 Å². The Morgan fingerprint density at radius 2 is 1.05 bits per heavy atom. The molecule has 0 saturated heterocycles. The Balaban J connectivity index is 1.83. The molecule has 0 saturated carbocycles. The van der Waals surface area contributed by atoms with E-state index in [1.54, 1.807) is 0 Å². The Morgan fingerprint density at radius 3 is 1.38 bits per heavy atom. The van der Waals surface area contributed by atoms with Crippen molar-refractivity contribution in [1.82, 2.24) is 10.2 Å². The minimum absolute atomic E-state index is 1.02. The summed E-state index contributed by atoms with van der Waals surface area (Å²) in [5.41, 5.74) is 5.13. The maximum absolute atomic E-state index is 3.44. The zero-order valence-corrected chi connectivity index (χ0v) is 18.6. The van der Waals surface area contributed by atoms with Gasteiger partial charge in [-0.25, -0.2) is 0 Å². The van der Waals surface area contributed by atoms with E-state index in [2.05, 4.69) is 72.6 Å². The van der Waals surface area contributed by atoms with Crippen LogP contribution in [0.1, 0.15) is 22.3 Å². The van der Waals surface area contributed by atoms with Crippen LogP contribution < -0.4 is 10.2 Å². The number of rotatable bonds is 6. The molecule has 0 heterocycles. The predicted molar refractivity (Wildman–Crippen MR) is 83.8 cm³/mol. The first kappa shape index (κ1) is 17.3. The summed E-state index contributed by atoms with van der Waals surface area (Å²) >= 11 is 2.90. The van der Waals surface area contributed by atoms with E-state index in [0.717, 1.165) is 8.88 Å². The van der Waals surface area contributed by atoms with Crippen molar-refractivity contribution < 1.29 is 38.7 Å². The molecule has 0 atom stereocenters. The van der Waals surface area contributed by atoms with E-state index >= 15 is 0 Å². The minimum atomic E-state index is 1.02. The second kappa shape index (κ2) is 8.52. The van der Waals surface area contributed by atoms with Gasteiger partial charge in [0.05, 0.1) is 0 Å². The molecule has 107 valence electrons. The van der Waals surface area contributed by atoms with Crippen LogP contribution in [0.2, 0.25) is 0 Å². The van der Waals surface area contributed by atoms with Gasteiger partial charge in [-0.2, -0.15) is 0 Å². The molecule has 0 aliphatic heterocycles. The summed E-state index contributed by atoms with van der Waals surface area (Å²) in [6.45, 7) is 4.23. The van der Waals surface area contributed by atoms with E-state index in [-0.39, 0.29) is 0 Å². The topological polar surface area (TPSA) is 24.1 Å².